The molecule has 0 unspecified atom stereocenters. The highest BCUT2D eigenvalue weighted by Crippen LogP contribution is 2.33. The second-order valence-electron chi connectivity index (χ2n) is 4.04. The van der Waals surface area contributed by atoms with E-state index in [2.05, 4.69) is 9.97 Å². The zero-order valence-electron chi connectivity index (χ0n) is 9.34. The summed E-state index contributed by atoms with van der Waals surface area (Å²) in [5, 5.41) is 0. The van der Waals surface area contributed by atoms with Crippen LogP contribution in [0.15, 0.2) is 18.6 Å². The van der Waals surface area contributed by atoms with E-state index in [4.69, 9.17) is 5.73 Å². The van der Waals surface area contributed by atoms with Crippen molar-refractivity contribution in [3.63, 3.8) is 0 Å². The zero-order valence-corrected chi connectivity index (χ0v) is 9.34. The van der Waals surface area contributed by atoms with Crippen molar-refractivity contribution in [2.24, 2.45) is 5.73 Å². The van der Waals surface area contributed by atoms with Gasteiger partial charge >= 0.3 is 0 Å². The Kier molecular flexibility index (Phi) is 3.14. The highest BCUT2D eigenvalue weighted by Gasteiger charge is 2.35. The van der Waals surface area contributed by atoms with E-state index in [1.54, 1.807) is 18.6 Å². The molecule has 0 bridgehead atoms. The standard InChI is InChI=1S/C11H16N4O/c1-8(10-7-13-4-5-14-10)15(9-2-3-9)11(16)6-12/h4-5,7-9H,2-3,6,12H2,1H3/t8-/m0/s1. The van der Waals surface area contributed by atoms with Gasteiger partial charge < -0.3 is 10.6 Å². The Balaban J connectivity index is 2.17. The number of carbonyl (C=O) groups is 1. The van der Waals surface area contributed by atoms with Crippen molar-refractivity contribution in [3.8, 4) is 0 Å². The predicted octanol–water partition coefficient (Wildman–Crippen LogP) is 0.487. The maximum absolute atomic E-state index is 11.8. The molecule has 86 valence electrons. The van der Waals surface area contributed by atoms with Crippen LogP contribution in [-0.2, 0) is 4.79 Å². The molecule has 5 heteroatoms. The Labute approximate surface area is 94.7 Å². The van der Waals surface area contributed by atoms with Gasteiger partial charge in [-0.3, -0.25) is 14.8 Å². The minimum atomic E-state index is -0.0442. The van der Waals surface area contributed by atoms with E-state index in [-0.39, 0.29) is 18.5 Å². The van der Waals surface area contributed by atoms with Gasteiger partial charge in [0.2, 0.25) is 5.91 Å². The summed E-state index contributed by atoms with van der Waals surface area (Å²) < 4.78 is 0. The molecular formula is C11H16N4O. The molecule has 1 amide bonds. The summed E-state index contributed by atoms with van der Waals surface area (Å²) in [6, 6.07) is 0.297. The first-order valence-corrected chi connectivity index (χ1v) is 5.51. The lowest BCUT2D eigenvalue weighted by atomic mass is 10.2. The maximum Gasteiger partial charge on any atom is 0.237 e. The summed E-state index contributed by atoms with van der Waals surface area (Å²) >= 11 is 0. The van der Waals surface area contributed by atoms with Gasteiger partial charge in [-0.1, -0.05) is 0 Å². The summed E-state index contributed by atoms with van der Waals surface area (Å²) in [5.74, 6) is -0.0133. The van der Waals surface area contributed by atoms with Gasteiger partial charge in [-0.15, -0.1) is 0 Å². The average Bonchev–Trinajstić information content (AvgIpc) is 3.14. The Morgan fingerprint density at radius 2 is 2.38 bits per heavy atom. The number of nitrogens with zero attached hydrogens (tertiary/aromatic N) is 3. The van der Waals surface area contributed by atoms with Crippen molar-refractivity contribution in [1.29, 1.82) is 0 Å². The lowest BCUT2D eigenvalue weighted by molar-refractivity contribution is -0.132. The molecule has 1 atom stereocenters. The molecule has 1 aliphatic carbocycles. The van der Waals surface area contributed by atoms with Gasteiger partial charge in [0.15, 0.2) is 0 Å². The van der Waals surface area contributed by atoms with Crippen molar-refractivity contribution in [3.05, 3.63) is 24.3 Å². The number of nitrogens with two attached hydrogens (primary N) is 1. The van der Waals surface area contributed by atoms with E-state index in [9.17, 15) is 4.79 Å². The van der Waals surface area contributed by atoms with Crippen LogP contribution >= 0.6 is 0 Å². The van der Waals surface area contributed by atoms with Gasteiger partial charge in [0, 0.05) is 18.4 Å². The van der Waals surface area contributed by atoms with Crippen molar-refractivity contribution >= 4 is 5.91 Å². The van der Waals surface area contributed by atoms with E-state index in [1.807, 2.05) is 11.8 Å². The van der Waals surface area contributed by atoms with Crippen molar-refractivity contribution < 1.29 is 4.79 Å². The van der Waals surface area contributed by atoms with Gasteiger partial charge in [0.25, 0.3) is 0 Å². The lowest BCUT2D eigenvalue weighted by Gasteiger charge is -2.28. The van der Waals surface area contributed by atoms with Crippen LogP contribution in [0.25, 0.3) is 0 Å². The molecule has 0 radical (unpaired) electrons. The molecule has 1 aliphatic rings. The highest BCUT2D eigenvalue weighted by atomic mass is 16.2. The number of hydrogen-bond acceptors (Lipinski definition) is 4. The topological polar surface area (TPSA) is 72.1 Å². The molecule has 2 rings (SSSR count). The van der Waals surface area contributed by atoms with Crippen molar-refractivity contribution in [1.82, 2.24) is 14.9 Å². The maximum atomic E-state index is 11.8. The SMILES string of the molecule is C[C@@H](c1cnccn1)N(C(=O)CN)C1CC1. The largest absolute Gasteiger partial charge is 0.330 e. The molecule has 1 aromatic heterocycles. The number of carbonyl (C=O) groups excluding carboxylic acids is 1. The summed E-state index contributed by atoms with van der Waals surface area (Å²) in [6.45, 7) is 2.02. The van der Waals surface area contributed by atoms with Crippen LogP contribution in [0.4, 0.5) is 0 Å². The first-order valence-electron chi connectivity index (χ1n) is 5.51. The van der Waals surface area contributed by atoms with Crippen LogP contribution in [0.3, 0.4) is 0 Å². The van der Waals surface area contributed by atoms with E-state index in [1.165, 1.54) is 0 Å². The molecule has 1 saturated carbocycles. The number of hydrogen-bond donors (Lipinski definition) is 1. The molecule has 2 N–H and O–H groups in total. The molecule has 0 saturated heterocycles. The molecular weight excluding hydrogens is 204 g/mol. The third-order valence-corrected chi connectivity index (χ3v) is 2.83. The summed E-state index contributed by atoms with van der Waals surface area (Å²) in [5.41, 5.74) is 6.24. The van der Waals surface area contributed by atoms with E-state index in [0.717, 1.165) is 18.5 Å². The Morgan fingerprint density at radius 3 is 2.88 bits per heavy atom. The third kappa shape index (κ3) is 2.19. The van der Waals surface area contributed by atoms with E-state index in [0.29, 0.717) is 6.04 Å². The fourth-order valence-corrected chi connectivity index (χ4v) is 1.86. The normalized spacial score (nSPS) is 16.9. The van der Waals surface area contributed by atoms with Crippen molar-refractivity contribution in [2.45, 2.75) is 31.8 Å². The number of rotatable bonds is 4. The van der Waals surface area contributed by atoms with E-state index >= 15 is 0 Å². The third-order valence-electron chi connectivity index (χ3n) is 2.83. The molecule has 1 aromatic rings. The Bertz CT molecular complexity index is 364. The van der Waals surface area contributed by atoms with Crippen LogP contribution in [0.1, 0.15) is 31.5 Å². The first kappa shape index (κ1) is 11.0. The second-order valence-corrected chi connectivity index (χ2v) is 4.04. The summed E-state index contributed by atoms with van der Waals surface area (Å²) in [4.78, 5) is 21.8. The number of amides is 1. The smallest absolute Gasteiger partial charge is 0.237 e. The fraction of sp³-hybridized carbons (Fsp3) is 0.545. The molecule has 1 fully saturated rings. The van der Waals surface area contributed by atoms with Crippen molar-refractivity contribution in [2.75, 3.05) is 6.54 Å². The van der Waals surface area contributed by atoms with Gasteiger partial charge in [0.1, 0.15) is 0 Å². The quantitative estimate of drug-likeness (QED) is 0.801. The van der Waals surface area contributed by atoms with Crippen LogP contribution in [0.5, 0.6) is 0 Å². The molecule has 0 spiro atoms. The van der Waals surface area contributed by atoms with Gasteiger partial charge in [-0.2, -0.15) is 0 Å². The minimum Gasteiger partial charge on any atom is -0.330 e. The number of aromatic nitrogens is 2. The molecule has 1 heterocycles. The lowest BCUT2D eigenvalue weighted by Crippen LogP contribution is -2.39. The Morgan fingerprint density at radius 1 is 1.62 bits per heavy atom. The van der Waals surface area contributed by atoms with Crippen LogP contribution in [0, 0.1) is 0 Å². The van der Waals surface area contributed by atoms with Gasteiger partial charge in [-0.25, -0.2) is 0 Å². The zero-order chi connectivity index (χ0) is 11.5. The molecule has 16 heavy (non-hydrogen) atoms. The fourth-order valence-electron chi connectivity index (χ4n) is 1.86. The van der Waals surface area contributed by atoms with Gasteiger partial charge in [0.05, 0.1) is 24.5 Å². The van der Waals surface area contributed by atoms with Gasteiger partial charge in [-0.05, 0) is 19.8 Å². The van der Waals surface area contributed by atoms with Crippen LogP contribution < -0.4 is 5.73 Å². The first-order chi connectivity index (χ1) is 7.74. The summed E-state index contributed by atoms with van der Waals surface area (Å²) in [7, 11) is 0. The highest BCUT2D eigenvalue weighted by molar-refractivity contribution is 5.79. The minimum absolute atomic E-state index is 0.0133. The summed E-state index contributed by atoms with van der Waals surface area (Å²) in [6.07, 6.45) is 7.10. The van der Waals surface area contributed by atoms with E-state index < -0.39 is 0 Å². The van der Waals surface area contributed by atoms with Crippen LogP contribution in [0.2, 0.25) is 0 Å². The molecule has 0 aliphatic heterocycles. The predicted molar refractivity (Wildman–Crippen MR) is 59.4 cm³/mol. The second kappa shape index (κ2) is 4.57. The Hall–Kier alpha value is -1.49. The molecule has 5 nitrogen and oxygen atoms in total. The van der Waals surface area contributed by atoms with Crippen LogP contribution in [-0.4, -0.2) is 33.4 Å². The molecule has 0 aromatic carbocycles. The monoisotopic (exact) mass is 220 g/mol. The average molecular weight is 220 g/mol.